The number of likely N-dealkylation sites (N-methyl/N-ethyl adjacent to an activating group) is 1. The molecular weight excluding hydrogens is 226 g/mol. The van der Waals surface area contributed by atoms with Crippen molar-refractivity contribution >= 4 is 0 Å². The summed E-state index contributed by atoms with van der Waals surface area (Å²) in [5, 5.41) is 9.74. The Morgan fingerprint density at radius 1 is 1.39 bits per heavy atom. The summed E-state index contributed by atoms with van der Waals surface area (Å²) in [6, 6.07) is 0.619. The Bertz CT molecular complexity index is 250. The Balaban J connectivity index is 2.74. The number of aliphatic hydroxyl groups is 1. The smallest absolute Gasteiger partial charge is 0.0602 e. The van der Waals surface area contributed by atoms with E-state index in [1.165, 1.54) is 12.8 Å². The highest BCUT2D eigenvalue weighted by Gasteiger charge is 2.37. The van der Waals surface area contributed by atoms with Crippen LogP contribution in [-0.2, 0) is 0 Å². The first-order valence-electron chi connectivity index (χ1n) is 7.04. The SMILES string of the molecule is CN(C)CC1CCCN1C(CO)C(N)C(C)(C)C. The lowest BCUT2D eigenvalue weighted by molar-refractivity contribution is 0.0547. The molecule has 0 aromatic heterocycles. The topological polar surface area (TPSA) is 52.7 Å². The minimum Gasteiger partial charge on any atom is -0.395 e. The molecule has 1 rings (SSSR count). The molecule has 1 heterocycles. The fourth-order valence-corrected chi connectivity index (χ4v) is 2.91. The van der Waals surface area contributed by atoms with Gasteiger partial charge in [-0.3, -0.25) is 4.90 Å². The Hall–Kier alpha value is -0.160. The second-order valence-corrected chi connectivity index (χ2v) is 6.94. The van der Waals surface area contributed by atoms with Crippen LogP contribution in [0.1, 0.15) is 33.6 Å². The van der Waals surface area contributed by atoms with Crippen molar-refractivity contribution in [2.45, 2.75) is 51.7 Å². The molecule has 0 aliphatic carbocycles. The second-order valence-electron chi connectivity index (χ2n) is 6.94. The molecule has 4 nitrogen and oxygen atoms in total. The first kappa shape index (κ1) is 15.9. The van der Waals surface area contributed by atoms with Gasteiger partial charge in [-0.05, 0) is 38.9 Å². The summed E-state index contributed by atoms with van der Waals surface area (Å²) in [5.41, 5.74) is 6.39. The number of hydrogen-bond acceptors (Lipinski definition) is 4. The van der Waals surface area contributed by atoms with E-state index in [2.05, 4.69) is 44.7 Å². The summed E-state index contributed by atoms with van der Waals surface area (Å²) in [6.07, 6.45) is 2.43. The summed E-state index contributed by atoms with van der Waals surface area (Å²) < 4.78 is 0. The number of nitrogens with zero attached hydrogens (tertiary/aromatic N) is 2. The average Bonchev–Trinajstić information content (AvgIpc) is 2.65. The van der Waals surface area contributed by atoms with Gasteiger partial charge in [0, 0.05) is 24.7 Å². The van der Waals surface area contributed by atoms with Crippen molar-refractivity contribution in [2.24, 2.45) is 11.1 Å². The summed E-state index contributed by atoms with van der Waals surface area (Å²) >= 11 is 0. The van der Waals surface area contributed by atoms with Crippen LogP contribution in [0.4, 0.5) is 0 Å². The van der Waals surface area contributed by atoms with E-state index in [-0.39, 0.29) is 24.1 Å². The molecule has 3 atom stereocenters. The van der Waals surface area contributed by atoms with E-state index < -0.39 is 0 Å². The summed E-state index contributed by atoms with van der Waals surface area (Å²) in [4.78, 5) is 4.65. The van der Waals surface area contributed by atoms with Crippen molar-refractivity contribution in [2.75, 3.05) is 33.8 Å². The van der Waals surface area contributed by atoms with E-state index in [0.29, 0.717) is 6.04 Å². The summed E-state index contributed by atoms with van der Waals surface area (Å²) in [5.74, 6) is 0. The number of nitrogens with two attached hydrogens (primary N) is 1. The maximum atomic E-state index is 9.74. The van der Waals surface area contributed by atoms with E-state index in [9.17, 15) is 5.11 Å². The van der Waals surface area contributed by atoms with Gasteiger partial charge in [-0.15, -0.1) is 0 Å². The van der Waals surface area contributed by atoms with Gasteiger partial charge >= 0.3 is 0 Å². The number of hydrogen-bond donors (Lipinski definition) is 2. The van der Waals surface area contributed by atoms with Gasteiger partial charge in [-0.25, -0.2) is 0 Å². The van der Waals surface area contributed by atoms with Crippen molar-refractivity contribution in [3.63, 3.8) is 0 Å². The van der Waals surface area contributed by atoms with E-state index in [0.717, 1.165) is 13.1 Å². The van der Waals surface area contributed by atoms with E-state index in [1.807, 2.05) is 0 Å². The average molecular weight is 257 g/mol. The van der Waals surface area contributed by atoms with Gasteiger partial charge in [0.2, 0.25) is 0 Å². The molecule has 18 heavy (non-hydrogen) atoms. The van der Waals surface area contributed by atoms with Gasteiger partial charge in [0.05, 0.1) is 6.61 Å². The van der Waals surface area contributed by atoms with Crippen molar-refractivity contribution in [3.05, 3.63) is 0 Å². The van der Waals surface area contributed by atoms with Crippen LogP contribution in [0.2, 0.25) is 0 Å². The van der Waals surface area contributed by atoms with Gasteiger partial charge in [0.1, 0.15) is 0 Å². The largest absolute Gasteiger partial charge is 0.395 e. The molecule has 3 N–H and O–H groups in total. The Morgan fingerprint density at radius 2 is 2.00 bits per heavy atom. The molecule has 1 aliphatic heterocycles. The van der Waals surface area contributed by atoms with Gasteiger partial charge in [-0.2, -0.15) is 0 Å². The minimum absolute atomic E-state index is 0.00487. The molecule has 3 unspecified atom stereocenters. The Labute approximate surface area is 112 Å². The van der Waals surface area contributed by atoms with Crippen LogP contribution < -0.4 is 5.73 Å². The lowest BCUT2D eigenvalue weighted by Gasteiger charge is -2.41. The first-order chi connectivity index (χ1) is 8.27. The molecule has 0 bridgehead atoms. The molecule has 1 aliphatic rings. The molecule has 1 saturated heterocycles. The number of likely N-dealkylation sites (tertiary alicyclic amines) is 1. The highest BCUT2D eigenvalue weighted by Crippen LogP contribution is 2.28. The molecule has 0 radical (unpaired) electrons. The maximum Gasteiger partial charge on any atom is 0.0602 e. The third-order valence-electron chi connectivity index (χ3n) is 4.03. The van der Waals surface area contributed by atoms with Crippen LogP contribution in [0.5, 0.6) is 0 Å². The van der Waals surface area contributed by atoms with Gasteiger partial charge < -0.3 is 15.7 Å². The minimum atomic E-state index is 0.00487. The zero-order valence-electron chi connectivity index (χ0n) is 12.7. The molecule has 0 amide bonds. The lowest BCUT2D eigenvalue weighted by atomic mass is 9.82. The van der Waals surface area contributed by atoms with Crippen molar-refractivity contribution in [1.82, 2.24) is 9.80 Å². The maximum absolute atomic E-state index is 9.74. The van der Waals surface area contributed by atoms with Crippen LogP contribution in [0.3, 0.4) is 0 Å². The van der Waals surface area contributed by atoms with Crippen LogP contribution in [-0.4, -0.2) is 66.8 Å². The molecule has 0 spiro atoms. The normalized spacial score (nSPS) is 25.7. The molecule has 0 aromatic rings. The van der Waals surface area contributed by atoms with Crippen LogP contribution in [0.15, 0.2) is 0 Å². The monoisotopic (exact) mass is 257 g/mol. The molecule has 0 aromatic carbocycles. The van der Waals surface area contributed by atoms with Crippen LogP contribution in [0.25, 0.3) is 0 Å². The van der Waals surface area contributed by atoms with Crippen molar-refractivity contribution in [3.8, 4) is 0 Å². The summed E-state index contributed by atoms with van der Waals surface area (Å²) in [7, 11) is 4.21. The van der Waals surface area contributed by atoms with Crippen LogP contribution >= 0.6 is 0 Å². The van der Waals surface area contributed by atoms with Gasteiger partial charge in [0.25, 0.3) is 0 Å². The third kappa shape index (κ3) is 3.92. The molecule has 108 valence electrons. The standard InChI is InChI=1S/C14H31N3O/c1-14(2,3)13(15)12(10-18)17-8-6-7-11(17)9-16(4)5/h11-13,18H,6-10,15H2,1-5H3. The van der Waals surface area contributed by atoms with Crippen molar-refractivity contribution < 1.29 is 5.11 Å². The zero-order chi connectivity index (χ0) is 13.9. The molecule has 4 heteroatoms. The van der Waals surface area contributed by atoms with E-state index in [1.54, 1.807) is 0 Å². The lowest BCUT2D eigenvalue weighted by Crippen LogP contribution is -2.57. The quantitative estimate of drug-likeness (QED) is 0.763. The highest BCUT2D eigenvalue weighted by molar-refractivity contribution is 4.95. The predicted molar refractivity (Wildman–Crippen MR) is 76.6 cm³/mol. The van der Waals surface area contributed by atoms with Gasteiger partial charge in [-0.1, -0.05) is 20.8 Å². The predicted octanol–water partition coefficient (Wildman–Crippen LogP) is 0.747. The molecule has 0 saturated carbocycles. The highest BCUT2D eigenvalue weighted by atomic mass is 16.3. The molecule has 1 fully saturated rings. The Kier molecular flexibility index (Phi) is 5.59. The second kappa shape index (κ2) is 6.33. The molecular formula is C14H31N3O. The first-order valence-corrected chi connectivity index (χ1v) is 7.04. The van der Waals surface area contributed by atoms with E-state index >= 15 is 0 Å². The Morgan fingerprint density at radius 3 is 2.44 bits per heavy atom. The van der Waals surface area contributed by atoms with Gasteiger partial charge in [0.15, 0.2) is 0 Å². The van der Waals surface area contributed by atoms with Crippen molar-refractivity contribution in [1.29, 1.82) is 0 Å². The number of rotatable bonds is 5. The third-order valence-corrected chi connectivity index (χ3v) is 4.03. The number of aliphatic hydroxyl groups excluding tert-OH is 1. The zero-order valence-corrected chi connectivity index (χ0v) is 12.7. The fraction of sp³-hybridized carbons (Fsp3) is 1.00. The summed E-state index contributed by atoms with van der Waals surface area (Å²) in [6.45, 7) is 8.72. The van der Waals surface area contributed by atoms with E-state index in [4.69, 9.17) is 5.73 Å². The fourth-order valence-electron chi connectivity index (χ4n) is 2.91. The van der Waals surface area contributed by atoms with Crippen LogP contribution in [0, 0.1) is 5.41 Å².